The van der Waals surface area contributed by atoms with Crippen LogP contribution in [0.5, 0.6) is 0 Å². The lowest BCUT2D eigenvalue weighted by molar-refractivity contribution is -0.130. The van der Waals surface area contributed by atoms with E-state index in [1.807, 2.05) is 20.8 Å². The molecule has 1 aliphatic heterocycles. The predicted molar refractivity (Wildman–Crippen MR) is 86.2 cm³/mol. The number of amides is 2. The third-order valence-electron chi connectivity index (χ3n) is 3.39. The fourth-order valence-electron chi connectivity index (χ4n) is 2.26. The number of hydrogen-bond acceptors (Lipinski definition) is 4. The minimum Gasteiger partial charge on any atom is -0.449 e. The highest BCUT2D eigenvalue weighted by atomic mass is 16.5. The van der Waals surface area contributed by atoms with Gasteiger partial charge in [-0.3, -0.25) is 9.59 Å². The highest BCUT2D eigenvalue weighted by Gasteiger charge is 2.24. The number of nitrogens with one attached hydrogen (secondary N) is 2. The van der Waals surface area contributed by atoms with Crippen LogP contribution in [0.2, 0.25) is 0 Å². The summed E-state index contributed by atoms with van der Waals surface area (Å²) in [5.74, 6) is -0.919. The fraction of sp³-hybridized carbons (Fsp3) is 0.471. The Kier molecular flexibility index (Phi) is 4.73. The van der Waals surface area contributed by atoms with Crippen molar-refractivity contribution in [2.24, 2.45) is 0 Å². The molecular weight excluding hydrogens is 296 g/mol. The van der Waals surface area contributed by atoms with E-state index >= 15 is 0 Å². The summed E-state index contributed by atoms with van der Waals surface area (Å²) in [6.45, 7) is 7.11. The van der Waals surface area contributed by atoms with E-state index in [1.165, 1.54) is 6.92 Å². The molecule has 6 heteroatoms. The minimum absolute atomic E-state index is 0.0275. The molecule has 2 N–H and O–H groups in total. The van der Waals surface area contributed by atoms with E-state index in [1.54, 1.807) is 18.2 Å². The standard InChI is InChI=1S/C17H22N2O4/c1-10(15(21)19-17(2,3)4)23-16(22)12-5-7-13-11(9-12)6-8-14(20)18-13/h5,7,9-10H,6,8H2,1-4H3,(H,18,20)(H,19,21). The number of fused-ring (bicyclic) bond motifs is 1. The maximum Gasteiger partial charge on any atom is 0.338 e. The minimum atomic E-state index is -0.877. The van der Waals surface area contributed by atoms with Crippen LogP contribution in [-0.2, 0) is 20.7 Å². The molecule has 0 spiro atoms. The molecule has 6 nitrogen and oxygen atoms in total. The molecule has 0 aromatic heterocycles. The second-order valence-electron chi connectivity index (χ2n) is 6.71. The van der Waals surface area contributed by atoms with E-state index in [2.05, 4.69) is 10.6 Å². The van der Waals surface area contributed by atoms with Crippen LogP contribution in [-0.4, -0.2) is 29.4 Å². The van der Waals surface area contributed by atoms with Crippen LogP contribution in [0, 0.1) is 0 Å². The number of carbonyl (C=O) groups excluding carboxylic acids is 3. The second kappa shape index (κ2) is 6.40. The summed E-state index contributed by atoms with van der Waals surface area (Å²) in [5, 5.41) is 5.52. The van der Waals surface area contributed by atoms with Gasteiger partial charge in [0.1, 0.15) is 0 Å². The van der Waals surface area contributed by atoms with Crippen LogP contribution in [0.1, 0.15) is 50.0 Å². The molecule has 1 aromatic rings. The normalized spacial score (nSPS) is 15.2. The molecule has 0 saturated heterocycles. The average Bonchev–Trinajstić information content (AvgIpc) is 2.44. The van der Waals surface area contributed by atoms with Gasteiger partial charge in [0.25, 0.3) is 5.91 Å². The van der Waals surface area contributed by atoms with Gasteiger partial charge < -0.3 is 15.4 Å². The Morgan fingerprint density at radius 3 is 2.61 bits per heavy atom. The van der Waals surface area contributed by atoms with Gasteiger partial charge in [-0.1, -0.05) is 0 Å². The Labute approximate surface area is 135 Å². The lowest BCUT2D eigenvalue weighted by Crippen LogP contribution is -2.46. The zero-order chi connectivity index (χ0) is 17.2. The molecule has 0 fully saturated rings. The molecule has 2 rings (SSSR count). The van der Waals surface area contributed by atoms with E-state index in [4.69, 9.17) is 4.74 Å². The summed E-state index contributed by atoms with van der Waals surface area (Å²) in [5.41, 5.74) is 1.60. The van der Waals surface area contributed by atoms with Crippen LogP contribution in [0.15, 0.2) is 18.2 Å². The van der Waals surface area contributed by atoms with Crippen molar-refractivity contribution in [2.45, 2.75) is 52.2 Å². The predicted octanol–water partition coefficient (Wildman–Crippen LogP) is 2.03. The van der Waals surface area contributed by atoms with Crippen molar-refractivity contribution in [3.8, 4) is 0 Å². The molecule has 1 atom stereocenters. The second-order valence-corrected chi connectivity index (χ2v) is 6.71. The van der Waals surface area contributed by atoms with Gasteiger partial charge in [0.15, 0.2) is 6.10 Å². The highest BCUT2D eigenvalue weighted by Crippen LogP contribution is 2.24. The zero-order valence-corrected chi connectivity index (χ0v) is 13.9. The van der Waals surface area contributed by atoms with Crippen molar-refractivity contribution in [2.75, 3.05) is 5.32 Å². The van der Waals surface area contributed by atoms with Crippen LogP contribution < -0.4 is 10.6 Å². The van der Waals surface area contributed by atoms with E-state index < -0.39 is 12.1 Å². The van der Waals surface area contributed by atoms with Gasteiger partial charge in [-0.2, -0.15) is 0 Å². The topological polar surface area (TPSA) is 84.5 Å². The molecule has 0 saturated carbocycles. The lowest BCUT2D eigenvalue weighted by Gasteiger charge is -2.23. The molecular formula is C17H22N2O4. The van der Waals surface area contributed by atoms with E-state index in [0.717, 1.165) is 11.3 Å². The number of rotatable bonds is 3. The van der Waals surface area contributed by atoms with Crippen molar-refractivity contribution in [1.29, 1.82) is 0 Å². The molecule has 0 radical (unpaired) electrons. The summed E-state index contributed by atoms with van der Waals surface area (Å²) in [4.78, 5) is 35.5. The van der Waals surface area contributed by atoms with Crippen molar-refractivity contribution < 1.29 is 19.1 Å². The Morgan fingerprint density at radius 1 is 1.26 bits per heavy atom. The van der Waals surface area contributed by atoms with Gasteiger partial charge in [-0.25, -0.2) is 4.79 Å². The number of carbonyl (C=O) groups is 3. The number of esters is 1. The number of ether oxygens (including phenoxy) is 1. The van der Waals surface area contributed by atoms with Crippen molar-refractivity contribution in [3.63, 3.8) is 0 Å². The zero-order valence-electron chi connectivity index (χ0n) is 13.9. The Bertz CT molecular complexity index is 646. The molecule has 1 unspecified atom stereocenters. The summed E-state index contributed by atoms with van der Waals surface area (Å²) in [6, 6.07) is 4.97. The molecule has 1 heterocycles. The van der Waals surface area contributed by atoms with E-state index in [0.29, 0.717) is 18.4 Å². The van der Waals surface area contributed by atoms with Crippen molar-refractivity contribution in [1.82, 2.24) is 5.32 Å². The number of hydrogen-bond donors (Lipinski definition) is 2. The first-order chi connectivity index (χ1) is 10.7. The molecule has 124 valence electrons. The van der Waals surface area contributed by atoms with Gasteiger partial charge in [0.2, 0.25) is 5.91 Å². The first-order valence-electron chi connectivity index (χ1n) is 7.61. The maximum atomic E-state index is 12.2. The molecule has 1 aliphatic rings. The average molecular weight is 318 g/mol. The summed E-state index contributed by atoms with van der Waals surface area (Å²) >= 11 is 0. The molecule has 0 bridgehead atoms. The maximum absolute atomic E-state index is 12.2. The smallest absolute Gasteiger partial charge is 0.338 e. The van der Waals surface area contributed by atoms with Crippen LogP contribution in [0.25, 0.3) is 0 Å². The quantitative estimate of drug-likeness (QED) is 0.835. The van der Waals surface area contributed by atoms with Gasteiger partial charge in [-0.15, -0.1) is 0 Å². The molecule has 23 heavy (non-hydrogen) atoms. The third kappa shape index (κ3) is 4.55. The van der Waals surface area contributed by atoms with Gasteiger partial charge in [0, 0.05) is 17.6 Å². The first kappa shape index (κ1) is 17.0. The molecule has 1 aromatic carbocycles. The lowest BCUT2D eigenvalue weighted by atomic mass is 10.0. The summed E-state index contributed by atoms with van der Waals surface area (Å²) < 4.78 is 5.22. The van der Waals surface area contributed by atoms with Crippen molar-refractivity contribution >= 4 is 23.5 Å². The van der Waals surface area contributed by atoms with Crippen LogP contribution in [0.4, 0.5) is 5.69 Å². The summed E-state index contributed by atoms with van der Waals surface area (Å²) in [7, 11) is 0. The van der Waals surface area contributed by atoms with Crippen LogP contribution >= 0.6 is 0 Å². The largest absolute Gasteiger partial charge is 0.449 e. The SMILES string of the molecule is CC(OC(=O)c1ccc2c(c1)CCC(=O)N2)C(=O)NC(C)(C)C. The Morgan fingerprint density at radius 2 is 1.96 bits per heavy atom. The third-order valence-corrected chi connectivity index (χ3v) is 3.39. The summed E-state index contributed by atoms with van der Waals surface area (Å²) in [6.07, 6.45) is 0.107. The van der Waals surface area contributed by atoms with Gasteiger partial charge >= 0.3 is 5.97 Å². The number of aryl methyl sites for hydroxylation is 1. The monoisotopic (exact) mass is 318 g/mol. The van der Waals surface area contributed by atoms with E-state index in [-0.39, 0.29) is 17.4 Å². The molecule has 0 aliphatic carbocycles. The highest BCUT2D eigenvalue weighted by molar-refractivity contribution is 5.96. The first-order valence-corrected chi connectivity index (χ1v) is 7.61. The number of benzene rings is 1. The fourth-order valence-corrected chi connectivity index (χ4v) is 2.26. The Hall–Kier alpha value is -2.37. The number of anilines is 1. The van der Waals surface area contributed by atoms with E-state index in [9.17, 15) is 14.4 Å². The van der Waals surface area contributed by atoms with Crippen molar-refractivity contribution in [3.05, 3.63) is 29.3 Å². The van der Waals surface area contributed by atoms with Gasteiger partial charge in [-0.05, 0) is 57.9 Å². The molecule has 2 amide bonds. The van der Waals surface area contributed by atoms with Crippen LogP contribution in [0.3, 0.4) is 0 Å². The van der Waals surface area contributed by atoms with Gasteiger partial charge in [0.05, 0.1) is 5.56 Å². The Balaban J connectivity index is 2.03.